The van der Waals surface area contributed by atoms with E-state index in [1.807, 2.05) is 0 Å². The van der Waals surface area contributed by atoms with E-state index >= 15 is 0 Å². The molecule has 2 heterocycles. The molecule has 0 radical (unpaired) electrons. The van der Waals surface area contributed by atoms with Crippen LogP contribution in [0.15, 0.2) is 34.9 Å². The molecule has 0 spiro atoms. The molecule has 0 saturated carbocycles. The molecule has 5 nitrogen and oxygen atoms in total. The second-order valence-corrected chi connectivity index (χ2v) is 4.46. The Morgan fingerprint density at radius 2 is 2.35 bits per heavy atom. The van der Waals surface area contributed by atoms with Crippen molar-refractivity contribution in [1.29, 1.82) is 0 Å². The van der Waals surface area contributed by atoms with Gasteiger partial charge in [-0.1, -0.05) is 0 Å². The molecule has 0 unspecified atom stereocenters. The second-order valence-electron chi connectivity index (χ2n) is 4.46. The van der Waals surface area contributed by atoms with Gasteiger partial charge in [0.1, 0.15) is 11.6 Å². The highest BCUT2D eigenvalue weighted by atomic mass is 19.1. The van der Waals surface area contributed by atoms with Gasteiger partial charge in [0, 0.05) is 0 Å². The molecule has 0 saturated heterocycles. The summed E-state index contributed by atoms with van der Waals surface area (Å²) >= 11 is 0. The first kappa shape index (κ1) is 12.9. The van der Waals surface area contributed by atoms with Crippen LogP contribution in [0.1, 0.15) is 21.7 Å². The van der Waals surface area contributed by atoms with E-state index in [1.165, 1.54) is 18.4 Å². The molecule has 0 fully saturated rings. The fourth-order valence-electron chi connectivity index (χ4n) is 2.09. The van der Waals surface area contributed by atoms with Gasteiger partial charge in [-0.2, -0.15) is 0 Å². The van der Waals surface area contributed by atoms with Gasteiger partial charge in [-0.05, 0) is 35.3 Å². The Balaban J connectivity index is 1.79. The minimum Gasteiger partial charge on any atom is -0.467 e. The Kier molecular flexibility index (Phi) is 3.29. The highest BCUT2D eigenvalue weighted by molar-refractivity contribution is 6.61. The van der Waals surface area contributed by atoms with E-state index in [2.05, 4.69) is 5.32 Å². The van der Waals surface area contributed by atoms with Gasteiger partial charge < -0.3 is 19.4 Å². The molecule has 2 N–H and O–H groups in total. The van der Waals surface area contributed by atoms with Crippen molar-refractivity contribution < 1.29 is 23.3 Å². The van der Waals surface area contributed by atoms with Crippen molar-refractivity contribution in [2.24, 2.45) is 0 Å². The minimum atomic E-state index is -1.11. The number of hydrogen-bond acceptors (Lipinski definition) is 4. The highest BCUT2D eigenvalue weighted by Gasteiger charge is 2.29. The number of carbonyl (C=O) groups excluding carboxylic acids is 1. The van der Waals surface area contributed by atoms with Crippen molar-refractivity contribution in [2.45, 2.75) is 13.2 Å². The summed E-state index contributed by atoms with van der Waals surface area (Å²) in [6.45, 7) is 0.309. The predicted octanol–water partition coefficient (Wildman–Crippen LogP) is 0.566. The lowest BCUT2D eigenvalue weighted by Gasteiger charge is -2.07. The van der Waals surface area contributed by atoms with Gasteiger partial charge >= 0.3 is 7.12 Å². The predicted molar refractivity (Wildman–Crippen MR) is 68.7 cm³/mol. The maximum atomic E-state index is 13.9. The quantitative estimate of drug-likeness (QED) is 0.803. The van der Waals surface area contributed by atoms with Crippen LogP contribution in [-0.4, -0.2) is 18.0 Å². The summed E-state index contributed by atoms with van der Waals surface area (Å²) in [6, 6.07) is 5.94. The maximum Gasteiger partial charge on any atom is 0.491 e. The average molecular weight is 275 g/mol. The number of furan rings is 1. The maximum absolute atomic E-state index is 13.9. The third kappa shape index (κ3) is 2.33. The Labute approximate surface area is 114 Å². The van der Waals surface area contributed by atoms with E-state index in [-0.39, 0.29) is 18.7 Å². The molecular formula is C13H11BFNO4. The molecule has 7 heteroatoms. The molecular weight excluding hydrogens is 264 g/mol. The van der Waals surface area contributed by atoms with Crippen molar-refractivity contribution in [3.63, 3.8) is 0 Å². The molecule has 0 aliphatic carbocycles. The third-order valence-electron chi connectivity index (χ3n) is 3.14. The molecule has 1 aromatic carbocycles. The average Bonchev–Trinajstić information content (AvgIpc) is 3.06. The zero-order valence-corrected chi connectivity index (χ0v) is 10.4. The van der Waals surface area contributed by atoms with Gasteiger partial charge in [0.2, 0.25) is 0 Å². The van der Waals surface area contributed by atoms with Crippen LogP contribution in [0.3, 0.4) is 0 Å². The number of benzene rings is 1. The number of rotatable bonds is 3. The summed E-state index contributed by atoms with van der Waals surface area (Å²) in [5.41, 5.74) is 0.854. The van der Waals surface area contributed by atoms with Crippen molar-refractivity contribution >= 4 is 18.5 Å². The van der Waals surface area contributed by atoms with E-state index in [0.29, 0.717) is 16.8 Å². The van der Waals surface area contributed by atoms with Gasteiger partial charge in [-0.15, -0.1) is 0 Å². The van der Waals surface area contributed by atoms with Crippen molar-refractivity contribution in [3.05, 3.63) is 53.2 Å². The van der Waals surface area contributed by atoms with Crippen LogP contribution in [0.2, 0.25) is 0 Å². The van der Waals surface area contributed by atoms with Crippen molar-refractivity contribution in [3.8, 4) is 0 Å². The Morgan fingerprint density at radius 1 is 1.50 bits per heavy atom. The van der Waals surface area contributed by atoms with E-state index in [9.17, 15) is 14.2 Å². The van der Waals surface area contributed by atoms with E-state index in [1.54, 1.807) is 12.1 Å². The summed E-state index contributed by atoms with van der Waals surface area (Å²) in [5, 5.41) is 12.1. The van der Waals surface area contributed by atoms with Gasteiger partial charge in [0.05, 0.1) is 25.0 Å². The molecule has 3 rings (SSSR count). The number of carbonyl (C=O) groups is 1. The largest absolute Gasteiger partial charge is 0.491 e. The molecule has 1 aromatic heterocycles. The molecule has 1 amide bonds. The molecule has 1 aliphatic rings. The Hall–Kier alpha value is -2.12. The monoisotopic (exact) mass is 275 g/mol. The first-order chi connectivity index (χ1) is 9.65. The Bertz CT molecular complexity index is 644. The van der Waals surface area contributed by atoms with Gasteiger partial charge in [0.15, 0.2) is 0 Å². The molecule has 2 aromatic rings. The number of amides is 1. The van der Waals surface area contributed by atoms with Crippen LogP contribution in [0.25, 0.3) is 0 Å². The van der Waals surface area contributed by atoms with Gasteiger partial charge in [0.25, 0.3) is 5.91 Å². The zero-order valence-electron chi connectivity index (χ0n) is 10.4. The molecule has 1 aliphatic heterocycles. The van der Waals surface area contributed by atoms with E-state index in [0.717, 1.165) is 0 Å². The Morgan fingerprint density at radius 3 is 3.10 bits per heavy atom. The first-order valence-electron chi connectivity index (χ1n) is 6.07. The minimum absolute atomic E-state index is 0.125. The fraction of sp³-hybridized carbons (Fsp3) is 0.154. The molecule has 0 atom stereocenters. The fourth-order valence-corrected chi connectivity index (χ4v) is 2.09. The van der Waals surface area contributed by atoms with E-state index < -0.39 is 18.8 Å². The summed E-state index contributed by atoms with van der Waals surface area (Å²) < 4.78 is 23.9. The lowest BCUT2D eigenvalue weighted by atomic mass is 9.78. The van der Waals surface area contributed by atoms with Crippen LogP contribution >= 0.6 is 0 Å². The van der Waals surface area contributed by atoms with Crippen LogP contribution < -0.4 is 10.8 Å². The third-order valence-corrected chi connectivity index (χ3v) is 3.14. The normalized spacial score (nSPS) is 13.4. The van der Waals surface area contributed by atoms with Crippen LogP contribution in [0.4, 0.5) is 4.39 Å². The highest BCUT2D eigenvalue weighted by Crippen LogP contribution is 2.15. The molecule has 20 heavy (non-hydrogen) atoms. The summed E-state index contributed by atoms with van der Waals surface area (Å²) in [5.74, 6) is -0.637. The van der Waals surface area contributed by atoms with Gasteiger partial charge in [-0.3, -0.25) is 4.79 Å². The molecule has 0 bridgehead atoms. The molecule has 102 valence electrons. The summed E-state index contributed by atoms with van der Waals surface area (Å²) in [7, 11) is -1.11. The van der Waals surface area contributed by atoms with Crippen LogP contribution in [0, 0.1) is 5.82 Å². The number of halogens is 1. The number of fused-ring (bicyclic) bond motifs is 1. The van der Waals surface area contributed by atoms with Crippen LogP contribution in [-0.2, 0) is 17.8 Å². The zero-order chi connectivity index (χ0) is 14.1. The topological polar surface area (TPSA) is 71.7 Å². The summed E-state index contributed by atoms with van der Waals surface area (Å²) in [6.07, 6.45) is 1.49. The van der Waals surface area contributed by atoms with Crippen LogP contribution in [0.5, 0.6) is 0 Å². The van der Waals surface area contributed by atoms with E-state index in [4.69, 9.17) is 9.07 Å². The summed E-state index contributed by atoms with van der Waals surface area (Å²) in [4.78, 5) is 12.0. The number of nitrogens with one attached hydrogen (secondary N) is 1. The lowest BCUT2D eigenvalue weighted by molar-refractivity contribution is 0.0944. The number of hydrogen-bond donors (Lipinski definition) is 2. The second kappa shape index (κ2) is 5.11. The van der Waals surface area contributed by atoms with Crippen molar-refractivity contribution in [2.75, 3.05) is 0 Å². The van der Waals surface area contributed by atoms with Gasteiger partial charge in [-0.25, -0.2) is 4.39 Å². The lowest BCUT2D eigenvalue weighted by Crippen LogP contribution is -2.31. The standard InChI is InChI=1S/C13H11BFNO4/c15-12-4-8-7-20-14(18)11(8)5-10(12)13(17)16-6-9-2-1-3-19-9/h1-5,18H,6-7H2,(H,16,17). The smallest absolute Gasteiger partial charge is 0.467 e. The van der Waals surface area contributed by atoms with Crippen molar-refractivity contribution in [1.82, 2.24) is 5.32 Å². The SMILES string of the molecule is O=C(NCc1ccco1)c1cc2c(cc1F)COB2O. The first-order valence-corrected chi connectivity index (χ1v) is 6.07.